The number of nitrogens with zero attached hydrogens (tertiary/aromatic N) is 3. The van der Waals surface area contributed by atoms with Crippen LogP contribution in [0.2, 0.25) is 0 Å². The SMILES string of the molecule is CCCc1cn(CCOCCNC(=O)[C@H](Cc2ccccc2)NC(=O)[C@@H](CC(C)C)NC(=O)[C@H](CC(=O)NCCNCC[NH3+])NC(=O)[C@@H](CC(=O)NCCNCC[NH3+])NC(C)=O)nn1. The van der Waals surface area contributed by atoms with Crippen molar-refractivity contribution in [3.8, 4) is 0 Å². The molecular weight excluding hydrogens is 829 g/mol. The van der Waals surface area contributed by atoms with Gasteiger partial charge in [-0.25, -0.2) is 4.68 Å². The molecule has 7 amide bonds. The van der Waals surface area contributed by atoms with Crippen molar-refractivity contribution < 1.29 is 49.8 Å². The van der Waals surface area contributed by atoms with Crippen LogP contribution < -0.4 is 59.3 Å². The fourth-order valence-electron chi connectivity index (χ4n) is 6.29. The summed E-state index contributed by atoms with van der Waals surface area (Å²) in [5, 5.41) is 33.1. The Morgan fingerprint density at radius 1 is 0.672 bits per heavy atom. The summed E-state index contributed by atoms with van der Waals surface area (Å²) in [6, 6.07) is 3.97. The molecule has 1 aromatic heterocycles. The molecule has 0 aliphatic rings. The molecule has 0 unspecified atom stereocenters. The van der Waals surface area contributed by atoms with Crippen LogP contribution in [0.3, 0.4) is 0 Å². The van der Waals surface area contributed by atoms with Crippen LogP contribution in [0.5, 0.6) is 0 Å². The normalized spacial score (nSPS) is 12.9. The van der Waals surface area contributed by atoms with Crippen LogP contribution in [0.25, 0.3) is 0 Å². The number of benzene rings is 1. The molecule has 0 aliphatic carbocycles. The lowest BCUT2D eigenvalue weighted by Crippen LogP contribution is -2.59. The zero-order valence-corrected chi connectivity index (χ0v) is 38.1. The molecule has 1 aromatic carbocycles. The number of carbonyl (C=O) groups is 7. The van der Waals surface area contributed by atoms with Crippen molar-refractivity contribution in [3.05, 3.63) is 47.8 Å². The first kappa shape index (κ1) is 54.6. The fraction of sp³-hybridized carbons (Fsp3) is 0.643. The zero-order valence-electron chi connectivity index (χ0n) is 38.1. The van der Waals surface area contributed by atoms with Crippen molar-refractivity contribution in [2.75, 3.05) is 72.1 Å². The number of aryl methyl sites for hydroxylation is 1. The molecular formula is C42H74N14O8+2. The number of hydrogen-bond acceptors (Lipinski definition) is 12. The maximum Gasteiger partial charge on any atom is 0.243 e. The van der Waals surface area contributed by atoms with E-state index in [2.05, 4.69) is 76.6 Å². The summed E-state index contributed by atoms with van der Waals surface area (Å²) in [5.74, 6) is -4.71. The van der Waals surface area contributed by atoms with Crippen LogP contribution >= 0.6 is 0 Å². The highest BCUT2D eigenvalue weighted by Gasteiger charge is 2.33. The molecule has 15 N–H and O–H groups in total. The molecule has 64 heavy (non-hydrogen) atoms. The van der Waals surface area contributed by atoms with Crippen LogP contribution in [0.1, 0.15) is 64.6 Å². The minimum Gasteiger partial charge on any atom is -0.378 e. The summed E-state index contributed by atoms with van der Waals surface area (Å²) in [4.78, 5) is 93.6. The third-order valence-electron chi connectivity index (χ3n) is 9.42. The zero-order chi connectivity index (χ0) is 47.1. The van der Waals surface area contributed by atoms with E-state index in [0.717, 1.165) is 24.1 Å². The summed E-state index contributed by atoms with van der Waals surface area (Å²) in [7, 11) is 0. The highest BCUT2D eigenvalue weighted by Crippen LogP contribution is 2.10. The third-order valence-corrected chi connectivity index (χ3v) is 9.42. The van der Waals surface area contributed by atoms with Crippen LogP contribution in [0.4, 0.5) is 0 Å². The van der Waals surface area contributed by atoms with E-state index in [9.17, 15) is 33.6 Å². The number of quaternary nitrogens is 2. The Hall–Kier alpha value is -5.55. The second-order valence-corrected chi connectivity index (χ2v) is 15.7. The molecule has 0 aliphatic heterocycles. The second-order valence-electron chi connectivity index (χ2n) is 15.7. The van der Waals surface area contributed by atoms with Gasteiger partial charge in [0.05, 0.1) is 51.4 Å². The molecule has 0 saturated carbocycles. The van der Waals surface area contributed by atoms with Gasteiger partial charge in [-0.2, -0.15) is 0 Å². The molecule has 0 saturated heterocycles. The van der Waals surface area contributed by atoms with Gasteiger partial charge >= 0.3 is 0 Å². The predicted octanol–water partition coefficient (Wildman–Crippen LogP) is -4.71. The number of aromatic nitrogens is 3. The van der Waals surface area contributed by atoms with Crippen molar-refractivity contribution in [2.24, 2.45) is 5.92 Å². The van der Waals surface area contributed by atoms with E-state index in [1.165, 1.54) is 6.92 Å². The Morgan fingerprint density at radius 3 is 1.80 bits per heavy atom. The van der Waals surface area contributed by atoms with Crippen molar-refractivity contribution in [1.29, 1.82) is 0 Å². The summed E-state index contributed by atoms with van der Waals surface area (Å²) < 4.78 is 7.41. The Balaban J connectivity index is 2.23. The number of ether oxygens (including phenoxy) is 1. The quantitative estimate of drug-likeness (QED) is 0.0296. The van der Waals surface area contributed by atoms with E-state index in [-0.39, 0.29) is 45.0 Å². The van der Waals surface area contributed by atoms with Gasteiger partial charge in [-0.05, 0) is 24.3 Å². The highest BCUT2D eigenvalue weighted by molar-refractivity contribution is 5.98. The minimum absolute atomic E-state index is 0.121. The topological polar surface area (TPSA) is 323 Å². The Labute approximate surface area is 376 Å². The van der Waals surface area contributed by atoms with Gasteiger partial charge in [0.15, 0.2) is 0 Å². The predicted molar refractivity (Wildman–Crippen MR) is 237 cm³/mol. The highest BCUT2D eigenvalue weighted by atomic mass is 16.5. The van der Waals surface area contributed by atoms with E-state index in [1.54, 1.807) is 4.68 Å². The Kier molecular flexibility index (Phi) is 27.4. The molecule has 0 fully saturated rings. The lowest BCUT2D eigenvalue weighted by atomic mass is 10.0. The average Bonchev–Trinajstić information content (AvgIpc) is 3.70. The average molecular weight is 903 g/mol. The largest absolute Gasteiger partial charge is 0.378 e. The second kappa shape index (κ2) is 32.2. The third kappa shape index (κ3) is 23.8. The van der Waals surface area contributed by atoms with E-state index in [0.29, 0.717) is 52.4 Å². The van der Waals surface area contributed by atoms with Crippen molar-refractivity contribution in [1.82, 2.24) is 62.8 Å². The summed E-state index contributed by atoms with van der Waals surface area (Å²) in [5.41, 5.74) is 9.19. The first-order valence-corrected chi connectivity index (χ1v) is 22.3. The van der Waals surface area contributed by atoms with Gasteiger partial charge in [0.2, 0.25) is 41.4 Å². The molecule has 22 heteroatoms. The van der Waals surface area contributed by atoms with Gasteiger partial charge in [0, 0.05) is 65.4 Å². The maximum atomic E-state index is 14.1. The summed E-state index contributed by atoms with van der Waals surface area (Å²) >= 11 is 0. The summed E-state index contributed by atoms with van der Waals surface area (Å²) in [6.45, 7) is 12.1. The van der Waals surface area contributed by atoms with Crippen LogP contribution in [-0.2, 0) is 57.7 Å². The first-order valence-electron chi connectivity index (χ1n) is 22.3. The smallest absolute Gasteiger partial charge is 0.243 e. The molecule has 22 nitrogen and oxygen atoms in total. The van der Waals surface area contributed by atoms with Gasteiger partial charge in [0.25, 0.3) is 0 Å². The molecule has 0 spiro atoms. The summed E-state index contributed by atoms with van der Waals surface area (Å²) in [6.07, 6.45) is 2.98. The van der Waals surface area contributed by atoms with E-state index < -0.39 is 78.4 Å². The first-order chi connectivity index (χ1) is 30.8. The van der Waals surface area contributed by atoms with Gasteiger partial charge in [-0.1, -0.05) is 62.7 Å². The molecule has 1 heterocycles. The number of nitrogens with one attached hydrogen (secondary N) is 9. The van der Waals surface area contributed by atoms with Gasteiger partial charge in [-0.3, -0.25) is 33.6 Å². The monoisotopic (exact) mass is 903 g/mol. The Morgan fingerprint density at radius 2 is 1.23 bits per heavy atom. The van der Waals surface area contributed by atoms with Crippen LogP contribution in [-0.4, -0.2) is 153 Å². The van der Waals surface area contributed by atoms with Crippen LogP contribution in [0, 0.1) is 5.92 Å². The molecule has 2 aromatic rings. The molecule has 4 atom stereocenters. The molecule has 0 radical (unpaired) electrons. The molecule has 358 valence electrons. The molecule has 0 bridgehead atoms. The van der Waals surface area contributed by atoms with E-state index in [1.807, 2.05) is 50.4 Å². The number of rotatable bonds is 34. The standard InChI is InChI=1S/C42H72N14O8/c1-5-9-32-28-56(55-54-32)21-23-64-22-20-49-39(60)34(25-31-10-7-6-8-11-31)52-40(61)33(24-29(2)3)51-42(63)36(27-38(59)48-19-17-46-15-13-44)53-41(62)35(50-30(4)57)26-37(58)47-18-16-45-14-12-43/h6-8,10-11,28-29,33-36,45-46H,5,9,12-27,43-44H2,1-4H3,(H,47,58)(H,48,59)(H,49,60)(H,50,57)(H,51,63)(H,52,61)(H,53,62)/p+2/t33-,34+,35-,36+/m1/s1. The lowest BCUT2D eigenvalue weighted by molar-refractivity contribution is -0.365. The van der Waals surface area contributed by atoms with Crippen LogP contribution in [0.15, 0.2) is 36.5 Å². The van der Waals surface area contributed by atoms with Crippen molar-refractivity contribution >= 4 is 41.4 Å². The number of amides is 7. The fourth-order valence-corrected chi connectivity index (χ4v) is 6.29. The van der Waals surface area contributed by atoms with Crippen molar-refractivity contribution in [2.45, 2.75) is 96.9 Å². The van der Waals surface area contributed by atoms with Gasteiger partial charge < -0.3 is 64.1 Å². The van der Waals surface area contributed by atoms with Crippen molar-refractivity contribution in [3.63, 3.8) is 0 Å². The molecule has 2 rings (SSSR count). The number of carbonyl (C=O) groups excluding carboxylic acids is 7. The maximum absolute atomic E-state index is 14.1. The minimum atomic E-state index is -1.53. The lowest BCUT2D eigenvalue weighted by Gasteiger charge is -2.27. The van der Waals surface area contributed by atoms with Gasteiger partial charge in [-0.15, -0.1) is 5.10 Å². The number of hydrogen-bond donors (Lipinski definition) is 11. The van der Waals surface area contributed by atoms with E-state index in [4.69, 9.17) is 4.74 Å². The van der Waals surface area contributed by atoms with Gasteiger partial charge in [0.1, 0.15) is 24.2 Å². The Bertz CT molecular complexity index is 1710. The van der Waals surface area contributed by atoms with E-state index >= 15 is 0 Å².